The van der Waals surface area contributed by atoms with E-state index in [1.54, 1.807) is 0 Å². The molecule has 4 nitrogen and oxygen atoms in total. The van der Waals surface area contributed by atoms with Crippen molar-refractivity contribution in [1.82, 2.24) is 4.90 Å². The van der Waals surface area contributed by atoms with E-state index in [1.807, 2.05) is 20.8 Å². The van der Waals surface area contributed by atoms with Gasteiger partial charge in [-0.2, -0.15) is 0 Å². The van der Waals surface area contributed by atoms with E-state index in [4.69, 9.17) is 5.73 Å². The fourth-order valence-corrected chi connectivity index (χ4v) is 1.49. The van der Waals surface area contributed by atoms with Gasteiger partial charge in [-0.25, -0.2) is 0 Å². The van der Waals surface area contributed by atoms with E-state index in [0.717, 1.165) is 0 Å². The van der Waals surface area contributed by atoms with E-state index < -0.39 is 5.54 Å². The highest BCUT2D eigenvalue weighted by molar-refractivity contribution is 6.13. The van der Waals surface area contributed by atoms with Crippen molar-refractivity contribution in [1.29, 1.82) is 0 Å². The first-order valence-electron chi connectivity index (χ1n) is 4.69. The molecule has 1 rings (SSSR count). The van der Waals surface area contributed by atoms with Gasteiger partial charge in [0, 0.05) is 18.7 Å². The summed E-state index contributed by atoms with van der Waals surface area (Å²) in [6.45, 7) is 6.02. The largest absolute Gasteiger partial charge is 0.328 e. The first-order chi connectivity index (χ1) is 6.43. The van der Waals surface area contributed by atoms with Gasteiger partial charge in [-0.05, 0) is 12.8 Å². The standard InChI is InChI=1S/C10H16N2O2/c1-7(2)10(3,6-11)12-8(13)4-5-9(12)14/h4-5,7H,6,11H2,1-3H3. The Kier molecular flexibility index (Phi) is 2.76. The van der Waals surface area contributed by atoms with Gasteiger partial charge < -0.3 is 5.73 Å². The number of hydrogen-bond donors (Lipinski definition) is 1. The summed E-state index contributed by atoms with van der Waals surface area (Å²) < 4.78 is 0. The number of amides is 2. The van der Waals surface area contributed by atoms with Gasteiger partial charge in [0.05, 0.1) is 5.54 Å². The predicted molar refractivity (Wildman–Crippen MR) is 53.3 cm³/mol. The van der Waals surface area contributed by atoms with Crippen LogP contribution in [0.2, 0.25) is 0 Å². The smallest absolute Gasteiger partial charge is 0.254 e. The first-order valence-corrected chi connectivity index (χ1v) is 4.69. The fourth-order valence-electron chi connectivity index (χ4n) is 1.49. The molecule has 78 valence electrons. The van der Waals surface area contributed by atoms with Crippen molar-refractivity contribution < 1.29 is 9.59 Å². The molecule has 1 aliphatic rings. The molecule has 0 aliphatic carbocycles. The average Bonchev–Trinajstić information content (AvgIpc) is 2.45. The maximum Gasteiger partial charge on any atom is 0.254 e. The lowest BCUT2D eigenvalue weighted by Crippen LogP contribution is -2.57. The Bertz CT molecular complexity index is 278. The summed E-state index contributed by atoms with van der Waals surface area (Å²) in [6, 6.07) is 0. The fraction of sp³-hybridized carbons (Fsp3) is 0.600. The maximum absolute atomic E-state index is 11.5. The van der Waals surface area contributed by atoms with Crippen molar-refractivity contribution in [3.63, 3.8) is 0 Å². The number of rotatable bonds is 3. The normalized spacial score (nSPS) is 20.8. The summed E-state index contributed by atoms with van der Waals surface area (Å²) in [4.78, 5) is 24.2. The molecule has 1 unspecified atom stereocenters. The topological polar surface area (TPSA) is 63.4 Å². The van der Waals surface area contributed by atoms with Gasteiger partial charge in [0.15, 0.2) is 0 Å². The van der Waals surface area contributed by atoms with Gasteiger partial charge in [0.25, 0.3) is 11.8 Å². The summed E-state index contributed by atoms with van der Waals surface area (Å²) in [5, 5.41) is 0. The van der Waals surface area contributed by atoms with Crippen LogP contribution in [-0.4, -0.2) is 28.8 Å². The number of carbonyl (C=O) groups excluding carboxylic acids is 2. The number of hydrogen-bond acceptors (Lipinski definition) is 3. The lowest BCUT2D eigenvalue weighted by Gasteiger charge is -2.39. The van der Waals surface area contributed by atoms with E-state index >= 15 is 0 Å². The molecule has 14 heavy (non-hydrogen) atoms. The van der Waals surface area contributed by atoms with E-state index in [1.165, 1.54) is 17.1 Å². The highest BCUT2D eigenvalue weighted by Crippen LogP contribution is 2.26. The van der Waals surface area contributed by atoms with E-state index in [0.29, 0.717) is 0 Å². The average molecular weight is 196 g/mol. The van der Waals surface area contributed by atoms with Crippen LogP contribution < -0.4 is 5.73 Å². The number of nitrogens with zero attached hydrogens (tertiary/aromatic N) is 1. The predicted octanol–water partition coefficient (Wildman–Crippen LogP) is 0.285. The SMILES string of the molecule is CC(C)C(C)(CN)N1C(=O)C=CC1=O. The minimum Gasteiger partial charge on any atom is -0.328 e. The molecule has 0 fully saturated rings. The zero-order chi connectivity index (χ0) is 10.9. The Hall–Kier alpha value is -1.16. The highest BCUT2D eigenvalue weighted by atomic mass is 16.2. The lowest BCUT2D eigenvalue weighted by molar-refractivity contribution is -0.145. The monoisotopic (exact) mass is 196 g/mol. The molecule has 1 atom stereocenters. The molecule has 0 saturated heterocycles. The second kappa shape index (κ2) is 3.53. The first kappa shape index (κ1) is 10.9. The molecule has 4 heteroatoms. The van der Waals surface area contributed by atoms with Crippen LogP contribution in [0, 0.1) is 5.92 Å². The molecule has 0 bridgehead atoms. The zero-order valence-corrected chi connectivity index (χ0v) is 8.78. The second-order valence-corrected chi connectivity index (χ2v) is 4.06. The van der Waals surface area contributed by atoms with Crippen molar-refractivity contribution in [2.75, 3.05) is 6.54 Å². The molecule has 1 heterocycles. The molecular formula is C10H16N2O2. The van der Waals surface area contributed by atoms with Gasteiger partial charge in [-0.15, -0.1) is 0 Å². The van der Waals surface area contributed by atoms with Crippen molar-refractivity contribution in [2.24, 2.45) is 11.7 Å². The van der Waals surface area contributed by atoms with Crippen molar-refractivity contribution in [3.8, 4) is 0 Å². The number of carbonyl (C=O) groups is 2. The van der Waals surface area contributed by atoms with Crippen LogP contribution in [0.3, 0.4) is 0 Å². The minimum absolute atomic E-state index is 0.139. The molecular weight excluding hydrogens is 180 g/mol. The van der Waals surface area contributed by atoms with Crippen molar-refractivity contribution in [3.05, 3.63) is 12.2 Å². The number of nitrogens with two attached hydrogens (primary N) is 1. The van der Waals surface area contributed by atoms with Gasteiger partial charge in [-0.1, -0.05) is 13.8 Å². The van der Waals surface area contributed by atoms with Crippen LogP contribution in [0.15, 0.2) is 12.2 Å². The van der Waals surface area contributed by atoms with E-state index in [2.05, 4.69) is 0 Å². The van der Waals surface area contributed by atoms with E-state index in [-0.39, 0.29) is 24.3 Å². The number of imide groups is 1. The van der Waals surface area contributed by atoms with Crippen LogP contribution >= 0.6 is 0 Å². The van der Waals surface area contributed by atoms with Gasteiger partial charge in [0.1, 0.15) is 0 Å². The third-order valence-corrected chi connectivity index (χ3v) is 2.98. The third-order valence-electron chi connectivity index (χ3n) is 2.98. The Morgan fingerprint density at radius 1 is 1.36 bits per heavy atom. The molecule has 2 N–H and O–H groups in total. The van der Waals surface area contributed by atoms with Crippen LogP contribution in [0.1, 0.15) is 20.8 Å². The Labute approximate surface area is 83.8 Å². The van der Waals surface area contributed by atoms with Gasteiger partial charge in [0.2, 0.25) is 0 Å². The van der Waals surface area contributed by atoms with Crippen LogP contribution in [0.4, 0.5) is 0 Å². The third kappa shape index (κ3) is 1.46. The quantitative estimate of drug-likeness (QED) is 0.660. The lowest BCUT2D eigenvalue weighted by atomic mass is 9.86. The Balaban J connectivity index is 3.02. The zero-order valence-electron chi connectivity index (χ0n) is 8.78. The minimum atomic E-state index is -0.586. The van der Waals surface area contributed by atoms with Crippen molar-refractivity contribution >= 4 is 11.8 Å². The maximum atomic E-state index is 11.5. The summed E-state index contributed by atoms with van der Waals surface area (Å²) in [5.41, 5.74) is 5.05. The van der Waals surface area contributed by atoms with Crippen LogP contribution in [0.25, 0.3) is 0 Å². The Morgan fingerprint density at radius 3 is 2.07 bits per heavy atom. The van der Waals surface area contributed by atoms with Crippen LogP contribution in [-0.2, 0) is 9.59 Å². The molecule has 0 saturated carbocycles. The van der Waals surface area contributed by atoms with E-state index in [9.17, 15) is 9.59 Å². The van der Waals surface area contributed by atoms with Crippen molar-refractivity contribution in [2.45, 2.75) is 26.3 Å². The molecule has 2 amide bonds. The van der Waals surface area contributed by atoms with Gasteiger partial charge >= 0.3 is 0 Å². The highest BCUT2D eigenvalue weighted by Gasteiger charge is 2.41. The molecule has 0 aromatic heterocycles. The molecule has 0 spiro atoms. The molecule has 0 aromatic carbocycles. The van der Waals surface area contributed by atoms with Crippen LogP contribution in [0.5, 0.6) is 0 Å². The molecule has 0 radical (unpaired) electrons. The van der Waals surface area contributed by atoms with Gasteiger partial charge in [-0.3, -0.25) is 14.5 Å². The molecule has 0 aromatic rings. The summed E-state index contributed by atoms with van der Waals surface area (Å²) in [5.74, 6) is -0.395. The Morgan fingerprint density at radius 2 is 1.79 bits per heavy atom. The summed E-state index contributed by atoms with van der Waals surface area (Å²) in [7, 11) is 0. The summed E-state index contributed by atoms with van der Waals surface area (Å²) in [6.07, 6.45) is 2.58. The summed E-state index contributed by atoms with van der Waals surface area (Å²) >= 11 is 0. The molecule has 1 aliphatic heterocycles. The second-order valence-electron chi connectivity index (χ2n) is 4.06.